The molecular formula is C10H15N3OS. The third-order valence-corrected chi connectivity index (χ3v) is 3.85. The molecule has 1 aliphatic carbocycles. The molecule has 1 saturated carbocycles. The summed E-state index contributed by atoms with van der Waals surface area (Å²) in [7, 11) is 0. The van der Waals surface area contributed by atoms with Crippen LogP contribution in [0.25, 0.3) is 0 Å². The van der Waals surface area contributed by atoms with Gasteiger partial charge in [-0.15, -0.1) is 0 Å². The first-order valence-electron chi connectivity index (χ1n) is 5.10. The Kier molecular flexibility index (Phi) is 3.56. The molecule has 0 bridgehead atoms. The zero-order valence-corrected chi connectivity index (χ0v) is 9.23. The van der Waals surface area contributed by atoms with E-state index in [1.54, 1.807) is 6.20 Å². The highest BCUT2D eigenvalue weighted by Gasteiger charge is 2.34. The van der Waals surface area contributed by atoms with Crippen LogP contribution in [-0.4, -0.2) is 33.0 Å². The Bertz CT molecular complexity index is 305. The number of hydrogen-bond donors (Lipinski definition) is 2. The summed E-state index contributed by atoms with van der Waals surface area (Å²) < 4.78 is 0. The molecule has 4 nitrogen and oxygen atoms in total. The van der Waals surface area contributed by atoms with E-state index in [0.717, 1.165) is 5.03 Å². The number of nitrogens with two attached hydrogens (primary N) is 1. The minimum Gasteiger partial charge on any atom is -0.395 e. The number of nitrogens with zero attached hydrogens (tertiary/aromatic N) is 2. The summed E-state index contributed by atoms with van der Waals surface area (Å²) in [6.07, 6.45) is 5.61. The van der Waals surface area contributed by atoms with Gasteiger partial charge in [-0.05, 0) is 24.8 Å². The van der Waals surface area contributed by atoms with Gasteiger partial charge in [0.05, 0.1) is 11.6 Å². The molecule has 0 aliphatic heterocycles. The number of hydrogen-bond acceptors (Lipinski definition) is 5. The molecular weight excluding hydrogens is 210 g/mol. The standard InChI is InChI=1S/C10H15N3OS/c11-10(7-1-2-7)8(5-14)15-9-3-4-12-6-13-9/h3-4,6-8,10,14H,1-2,5,11H2. The van der Waals surface area contributed by atoms with Crippen LogP contribution in [-0.2, 0) is 0 Å². The first-order chi connectivity index (χ1) is 7.31. The van der Waals surface area contributed by atoms with Crippen molar-refractivity contribution >= 4 is 11.8 Å². The van der Waals surface area contributed by atoms with Gasteiger partial charge in [0, 0.05) is 17.5 Å². The quantitative estimate of drug-likeness (QED) is 0.569. The van der Waals surface area contributed by atoms with Gasteiger partial charge in [-0.3, -0.25) is 0 Å². The van der Waals surface area contributed by atoms with E-state index in [9.17, 15) is 5.11 Å². The summed E-state index contributed by atoms with van der Waals surface area (Å²) in [5.74, 6) is 0.594. The Labute approximate surface area is 93.3 Å². The number of aliphatic hydroxyl groups excluding tert-OH is 1. The van der Waals surface area contributed by atoms with Gasteiger partial charge in [0.25, 0.3) is 0 Å². The van der Waals surface area contributed by atoms with Crippen LogP contribution >= 0.6 is 11.8 Å². The number of aromatic nitrogens is 2. The summed E-state index contributed by atoms with van der Waals surface area (Å²) in [5.41, 5.74) is 6.06. The number of thioether (sulfide) groups is 1. The van der Waals surface area contributed by atoms with Gasteiger partial charge in [0.15, 0.2) is 0 Å². The molecule has 0 saturated heterocycles. The van der Waals surface area contributed by atoms with Gasteiger partial charge in [0.2, 0.25) is 0 Å². The third-order valence-electron chi connectivity index (χ3n) is 2.60. The van der Waals surface area contributed by atoms with Gasteiger partial charge in [0.1, 0.15) is 6.33 Å². The molecule has 82 valence electrons. The van der Waals surface area contributed by atoms with Crippen LogP contribution in [0, 0.1) is 5.92 Å². The lowest BCUT2D eigenvalue weighted by atomic mass is 10.1. The van der Waals surface area contributed by atoms with Crippen LogP contribution in [0.15, 0.2) is 23.6 Å². The molecule has 0 radical (unpaired) electrons. The molecule has 2 unspecified atom stereocenters. The third kappa shape index (κ3) is 2.90. The van der Waals surface area contributed by atoms with Gasteiger partial charge in [-0.2, -0.15) is 0 Å². The summed E-state index contributed by atoms with van der Waals surface area (Å²) in [5, 5.41) is 10.2. The average Bonchev–Trinajstić information content (AvgIpc) is 3.10. The fourth-order valence-corrected chi connectivity index (χ4v) is 2.54. The van der Waals surface area contributed by atoms with Crippen molar-refractivity contribution in [2.24, 2.45) is 11.7 Å². The molecule has 5 heteroatoms. The lowest BCUT2D eigenvalue weighted by molar-refractivity contribution is 0.277. The van der Waals surface area contributed by atoms with Crippen LogP contribution < -0.4 is 5.73 Å². The van der Waals surface area contributed by atoms with Crippen molar-refractivity contribution in [1.82, 2.24) is 9.97 Å². The molecule has 1 aromatic rings. The number of aliphatic hydroxyl groups is 1. The second-order valence-corrected chi connectivity index (χ2v) is 5.06. The van der Waals surface area contributed by atoms with Crippen LogP contribution in [0.2, 0.25) is 0 Å². The molecule has 2 atom stereocenters. The highest BCUT2D eigenvalue weighted by Crippen LogP contribution is 2.37. The van der Waals surface area contributed by atoms with Crippen molar-refractivity contribution in [3.8, 4) is 0 Å². The highest BCUT2D eigenvalue weighted by atomic mass is 32.2. The fourth-order valence-electron chi connectivity index (χ4n) is 1.53. The SMILES string of the molecule is NC(C1CC1)C(CO)Sc1ccncn1. The summed E-state index contributed by atoms with van der Waals surface area (Å²) >= 11 is 1.54. The monoisotopic (exact) mass is 225 g/mol. The summed E-state index contributed by atoms with van der Waals surface area (Å²) in [6.45, 7) is 0.104. The normalized spacial score (nSPS) is 19.9. The van der Waals surface area contributed by atoms with Crippen molar-refractivity contribution < 1.29 is 5.11 Å². The largest absolute Gasteiger partial charge is 0.395 e. The minimum atomic E-state index is 0.0485. The predicted octanol–water partition coefficient (Wildman–Crippen LogP) is 0.667. The molecule has 3 N–H and O–H groups in total. The molecule has 0 spiro atoms. The molecule has 0 amide bonds. The van der Waals surface area contributed by atoms with Crippen LogP contribution in [0.1, 0.15) is 12.8 Å². The molecule has 1 fully saturated rings. The van der Waals surface area contributed by atoms with E-state index in [1.165, 1.54) is 30.9 Å². The number of rotatable bonds is 5. The Balaban J connectivity index is 1.95. The van der Waals surface area contributed by atoms with E-state index in [1.807, 2.05) is 6.07 Å². The predicted molar refractivity (Wildman–Crippen MR) is 59.5 cm³/mol. The van der Waals surface area contributed by atoms with E-state index in [2.05, 4.69) is 9.97 Å². The second-order valence-electron chi connectivity index (χ2n) is 3.80. The smallest absolute Gasteiger partial charge is 0.116 e. The van der Waals surface area contributed by atoms with Crippen molar-refractivity contribution in [2.45, 2.75) is 29.2 Å². The Hall–Kier alpha value is -0.650. The average molecular weight is 225 g/mol. The van der Waals surface area contributed by atoms with Gasteiger partial charge in [-0.1, -0.05) is 11.8 Å². The lowest BCUT2D eigenvalue weighted by Gasteiger charge is -2.20. The van der Waals surface area contributed by atoms with E-state index in [-0.39, 0.29) is 17.9 Å². The van der Waals surface area contributed by atoms with Crippen LogP contribution in [0.3, 0.4) is 0 Å². The van der Waals surface area contributed by atoms with Crippen molar-refractivity contribution in [1.29, 1.82) is 0 Å². The highest BCUT2D eigenvalue weighted by molar-refractivity contribution is 7.99. The zero-order valence-electron chi connectivity index (χ0n) is 8.41. The summed E-state index contributed by atoms with van der Waals surface area (Å²) in [6, 6.07) is 1.92. The lowest BCUT2D eigenvalue weighted by Crippen LogP contribution is -2.36. The maximum atomic E-state index is 9.29. The van der Waals surface area contributed by atoms with Crippen LogP contribution in [0.5, 0.6) is 0 Å². The van der Waals surface area contributed by atoms with E-state index >= 15 is 0 Å². The molecule has 15 heavy (non-hydrogen) atoms. The maximum Gasteiger partial charge on any atom is 0.116 e. The summed E-state index contributed by atoms with van der Waals surface area (Å²) in [4.78, 5) is 7.97. The minimum absolute atomic E-state index is 0.0485. The second kappa shape index (κ2) is 4.92. The van der Waals surface area contributed by atoms with Gasteiger partial charge in [-0.25, -0.2) is 9.97 Å². The van der Waals surface area contributed by atoms with E-state index in [4.69, 9.17) is 5.73 Å². The first kappa shape index (κ1) is 10.9. The Morgan fingerprint density at radius 1 is 1.60 bits per heavy atom. The molecule has 1 aromatic heterocycles. The van der Waals surface area contributed by atoms with E-state index in [0.29, 0.717) is 5.92 Å². The fraction of sp³-hybridized carbons (Fsp3) is 0.600. The molecule has 1 aliphatic rings. The first-order valence-corrected chi connectivity index (χ1v) is 5.98. The Morgan fingerprint density at radius 3 is 2.93 bits per heavy atom. The molecule has 0 aromatic carbocycles. The van der Waals surface area contributed by atoms with Gasteiger partial charge >= 0.3 is 0 Å². The topological polar surface area (TPSA) is 72.0 Å². The van der Waals surface area contributed by atoms with Gasteiger partial charge < -0.3 is 10.8 Å². The van der Waals surface area contributed by atoms with Crippen molar-refractivity contribution in [2.75, 3.05) is 6.61 Å². The Morgan fingerprint density at radius 2 is 2.40 bits per heavy atom. The van der Waals surface area contributed by atoms with Crippen molar-refractivity contribution in [3.05, 3.63) is 18.6 Å². The molecule has 1 heterocycles. The van der Waals surface area contributed by atoms with Crippen LogP contribution in [0.4, 0.5) is 0 Å². The zero-order chi connectivity index (χ0) is 10.7. The van der Waals surface area contributed by atoms with Crippen molar-refractivity contribution in [3.63, 3.8) is 0 Å². The maximum absolute atomic E-state index is 9.29. The molecule has 2 rings (SSSR count). The van der Waals surface area contributed by atoms with E-state index < -0.39 is 0 Å².